The average molecular weight is 306 g/mol. The molecule has 1 aromatic rings. The molecule has 1 aromatic carbocycles. The molecule has 0 aliphatic carbocycles. The number of carbonyl (C=O) groups excluding carboxylic acids is 1. The molecule has 0 bridgehead atoms. The van der Waals surface area contributed by atoms with Crippen LogP contribution in [-0.2, 0) is 9.84 Å². The fourth-order valence-corrected chi connectivity index (χ4v) is 3.73. The highest BCUT2D eigenvalue weighted by atomic mass is 32.2. The second-order valence-corrected chi connectivity index (χ2v) is 7.25. The molecule has 1 aliphatic heterocycles. The number of nitrogens with one attached hydrogen (secondary N) is 1. The Morgan fingerprint density at radius 1 is 1.29 bits per heavy atom. The standard InChI is InChI=1S/C15H18N2O3S/c16-9-3-5-12-4-1-2-6-14(12)15(18)17-13-7-10-21(19,20)11-8-13/h1-2,4,6,13H,7-11,16H2,(H,17,18). The Balaban J connectivity index is 2.07. The number of nitrogens with two attached hydrogens (primary N) is 1. The van der Waals surface area contributed by atoms with Gasteiger partial charge in [0.15, 0.2) is 0 Å². The Hall–Kier alpha value is -1.84. The van der Waals surface area contributed by atoms with E-state index < -0.39 is 9.84 Å². The molecule has 0 radical (unpaired) electrons. The number of benzene rings is 1. The Morgan fingerprint density at radius 2 is 1.95 bits per heavy atom. The fourth-order valence-electron chi connectivity index (χ4n) is 2.23. The van der Waals surface area contributed by atoms with Crippen molar-refractivity contribution < 1.29 is 13.2 Å². The number of hydrogen-bond acceptors (Lipinski definition) is 4. The molecule has 1 fully saturated rings. The summed E-state index contributed by atoms with van der Waals surface area (Å²) in [5.41, 5.74) is 6.47. The highest BCUT2D eigenvalue weighted by Crippen LogP contribution is 2.14. The number of rotatable bonds is 2. The molecule has 1 amide bonds. The smallest absolute Gasteiger partial charge is 0.252 e. The first-order chi connectivity index (χ1) is 10.0. The van der Waals surface area contributed by atoms with Crippen molar-refractivity contribution >= 4 is 15.7 Å². The molecular weight excluding hydrogens is 288 g/mol. The van der Waals surface area contributed by atoms with Crippen molar-refractivity contribution in [1.82, 2.24) is 5.32 Å². The molecule has 1 saturated heterocycles. The van der Waals surface area contributed by atoms with E-state index in [0.29, 0.717) is 24.0 Å². The predicted octanol–water partition coefficient (Wildman–Crippen LogP) is 0.304. The van der Waals surface area contributed by atoms with Gasteiger partial charge >= 0.3 is 0 Å². The second-order valence-electron chi connectivity index (χ2n) is 4.95. The summed E-state index contributed by atoms with van der Waals surface area (Å²) in [5.74, 6) is 5.65. The third-order valence-electron chi connectivity index (χ3n) is 3.39. The zero-order valence-corrected chi connectivity index (χ0v) is 12.4. The third-order valence-corrected chi connectivity index (χ3v) is 5.10. The molecule has 3 N–H and O–H groups in total. The van der Waals surface area contributed by atoms with Gasteiger partial charge in [-0.3, -0.25) is 4.79 Å². The monoisotopic (exact) mass is 306 g/mol. The summed E-state index contributed by atoms with van der Waals surface area (Å²) in [6, 6.07) is 6.95. The van der Waals surface area contributed by atoms with Gasteiger partial charge in [0, 0.05) is 11.6 Å². The van der Waals surface area contributed by atoms with Crippen LogP contribution < -0.4 is 11.1 Å². The van der Waals surface area contributed by atoms with Gasteiger partial charge in [0.2, 0.25) is 0 Å². The van der Waals surface area contributed by atoms with Gasteiger partial charge in [0.25, 0.3) is 5.91 Å². The Labute approximate surface area is 124 Å². The van der Waals surface area contributed by atoms with Gasteiger partial charge < -0.3 is 11.1 Å². The van der Waals surface area contributed by atoms with Crippen molar-refractivity contribution in [2.75, 3.05) is 18.1 Å². The molecule has 0 unspecified atom stereocenters. The summed E-state index contributed by atoms with van der Waals surface area (Å²) in [6.45, 7) is 0.233. The first kappa shape index (κ1) is 15.5. The molecule has 0 saturated carbocycles. The Bertz CT molecular complexity index is 672. The summed E-state index contributed by atoms with van der Waals surface area (Å²) in [6.07, 6.45) is 0.926. The maximum absolute atomic E-state index is 12.3. The van der Waals surface area contributed by atoms with E-state index in [4.69, 9.17) is 5.73 Å². The minimum absolute atomic E-state index is 0.100. The highest BCUT2D eigenvalue weighted by Gasteiger charge is 2.25. The lowest BCUT2D eigenvalue weighted by molar-refractivity contribution is 0.0934. The fraction of sp³-hybridized carbons (Fsp3) is 0.400. The van der Waals surface area contributed by atoms with E-state index in [1.54, 1.807) is 18.2 Å². The van der Waals surface area contributed by atoms with Crippen LogP contribution in [0.3, 0.4) is 0 Å². The van der Waals surface area contributed by atoms with Crippen LogP contribution >= 0.6 is 0 Å². The van der Waals surface area contributed by atoms with Crippen LogP contribution in [0.1, 0.15) is 28.8 Å². The van der Waals surface area contributed by atoms with Gasteiger partial charge in [-0.25, -0.2) is 8.42 Å². The SMILES string of the molecule is NCC#Cc1ccccc1C(=O)NC1CCS(=O)(=O)CC1. The number of hydrogen-bond donors (Lipinski definition) is 2. The van der Waals surface area contributed by atoms with Crippen molar-refractivity contribution in [1.29, 1.82) is 0 Å². The minimum atomic E-state index is -2.92. The zero-order valence-electron chi connectivity index (χ0n) is 11.6. The van der Waals surface area contributed by atoms with Crippen molar-refractivity contribution in [3.63, 3.8) is 0 Å². The van der Waals surface area contributed by atoms with Crippen LogP contribution in [0, 0.1) is 11.8 Å². The van der Waals surface area contributed by atoms with E-state index in [2.05, 4.69) is 17.2 Å². The molecule has 0 aromatic heterocycles. The van der Waals surface area contributed by atoms with Crippen molar-refractivity contribution in [2.45, 2.75) is 18.9 Å². The first-order valence-electron chi connectivity index (χ1n) is 6.81. The summed E-state index contributed by atoms with van der Waals surface area (Å²) in [5, 5.41) is 2.89. The first-order valence-corrected chi connectivity index (χ1v) is 8.63. The van der Waals surface area contributed by atoms with E-state index >= 15 is 0 Å². The molecule has 0 spiro atoms. The molecule has 21 heavy (non-hydrogen) atoms. The second kappa shape index (κ2) is 6.74. The number of amides is 1. The molecular formula is C15H18N2O3S. The molecule has 5 nitrogen and oxygen atoms in total. The molecule has 112 valence electrons. The van der Waals surface area contributed by atoms with Gasteiger partial charge in [-0.05, 0) is 25.0 Å². The van der Waals surface area contributed by atoms with E-state index in [1.807, 2.05) is 6.07 Å². The van der Waals surface area contributed by atoms with E-state index in [0.717, 1.165) is 0 Å². The maximum atomic E-state index is 12.3. The van der Waals surface area contributed by atoms with E-state index in [1.165, 1.54) is 0 Å². The third kappa shape index (κ3) is 4.31. The summed E-state index contributed by atoms with van der Waals surface area (Å²) in [7, 11) is -2.92. The van der Waals surface area contributed by atoms with Crippen LogP contribution in [-0.4, -0.2) is 38.4 Å². The van der Waals surface area contributed by atoms with Gasteiger partial charge in [0.1, 0.15) is 9.84 Å². The lowest BCUT2D eigenvalue weighted by atomic mass is 10.1. The van der Waals surface area contributed by atoms with Crippen molar-refractivity contribution in [2.24, 2.45) is 5.73 Å². The van der Waals surface area contributed by atoms with Crippen molar-refractivity contribution in [3.05, 3.63) is 35.4 Å². The minimum Gasteiger partial charge on any atom is -0.349 e. The van der Waals surface area contributed by atoms with E-state index in [9.17, 15) is 13.2 Å². The highest BCUT2D eigenvalue weighted by molar-refractivity contribution is 7.91. The van der Waals surface area contributed by atoms with Crippen LogP contribution in [0.5, 0.6) is 0 Å². The van der Waals surface area contributed by atoms with E-state index in [-0.39, 0.29) is 30.0 Å². The van der Waals surface area contributed by atoms with Gasteiger partial charge in [-0.1, -0.05) is 24.0 Å². The molecule has 0 atom stereocenters. The lowest BCUT2D eigenvalue weighted by Gasteiger charge is -2.23. The average Bonchev–Trinajstić information content (AvgIpc) is 2.47. The quantitative estimate of drug-likeness (QED) is 0.769. The van der Waals surface area contributed by atoms with Crippen LogP contribution in [0.4, 0.5) is 0 Å². The summed E-state index contributed by atoms with van der Waals surface area (Å²) >= 11 is 0. The molecule has 2 rings (SSSR count). The summed E-state index contributed by atoms with van der Waals surface area (Å²) < 4.78 is 22.8. The van der Waals surface area contributed by atoms with Gasteiger partial charge in [-0.2, -0.15) is 0 Å². The largest absolute Gasteiger partial charge is 0.349 e. The predicted molar refractivity (Wildman–Crippen MR) is 81.5 cm³/mol. The summed E-state index contributed by atoms with van der Waals surface area (Å²) in [4.78, 5) is 12.3. The van der Waals surface area contributed by atoms with Crippen LogP contribution in [0.15, 0.2) is 24.3 Å². The maximum Gasteiger partial charge on any atom is 0.252 e. The lowest BCUT2D eigenvalue weighted by Crippen LogP contribution is -2.41. The number of sulfone groups is 1. The van der Waals surface area contributed by atoms with Crippen LogP contribution in [0.2, 0.25) is 0 Å². The van der Waals surface area contributed by atoms with Crippen LogP contribution in [0.25, 0.3) is 0 Å². The zero-order chi connectivity index (χ0) is 15.3. The van der Waals surface area contributed by atoms with Crippen molar-refractivity contribution in [3.8, 4) is 11.8 Å². The molecule has 1 aliphatic rings. The van der Waals surface area contributed by atoms with Gasteiger partial charge in [-0.15, -0.1) is 0 Å². The van der Waals surface area contributed by atoms with Gasteiger partial charge in [0.05, 0.1) is 23.6 Å². The Kier molecular flexibility index (Phi) is 4.99. The Morgan fingerprint density at radius 3 is 2.62 bits per heavy atom. The normalized spacial score (nSPS) is 17.6. The molecule has 6 heteroatoms. The molecule has 1 heterocycles. The topological polar surface area (TPSA) is 89.3 Å². The number of carbonyl (C=O) groups is 1.